The number of nitrogens with zero attached hydrogens (tertiary/aromatic N) is 1. The van der Waals surface area contributed by atoms with Gasteiger partial charge in [-0.15, -0.1) is 0 Å². The van der Waals surface area contributed by atoms with Crippen LogP contribution in [0, 0.1) is 0 Å². The molecule has 1 saturated carbocycles. The largest absolute Gasteiger partial charge is 0.396 e. The van der Waals surface area contributed by atoms with Gasteiger partial charge in [-0.2, -0.15) is 0 Å². The first kappa shape index (κ1) is 11.7. The highest BCUT2D eigenvalue weighted by molar-refractivity contribution is 5.79. The maximum Gasteiger partial charge on any atom is 0.134 e. The van der Waals surface area contributed by atoms with Crippen LogP contribution >= 0.6 is 0 Å². The van der Waals surface area contributed by atoms with Gasteiger partial charge in [0.2, 0.25) is 0 Å². The van der Waals surface area contributed by atoms with Crippen LogP contribution in [0.5, 0.6) is 0 Å². The Morgan fingerprint density at radius 3 is 2.93 bits per heavy atom. The zero-order valence-electron chi connectivity index (χ0n) is 9.04. The maximum absolute atomic E-state index is 11.3. The summed E-state index contributed by atoms with van der Waals surface area (Å²) in [5.41, 5.74) is 0. The first-order valence-electron chi connectivity index (χ1n) is 5.64. The van der Waals surface area contributed by atoms with Gasteiger partial charge in [0, 0.05) is 32.0 Å². The molecule has 1 rings (SSSR count). The van der Waals surface area contributed by atoms with Crippen molar-refractivity contribution in [3.8, 4) is 0 Å². The smallest absolute Gasteiger partial charge is 0.134 e. The van der Waals surface area contributed by atoms with Crippen molar-refractivity contribution in [1.82, 2.24) is 4.90 Å². The van der Waals surface area contributed by atoms with E-state index in [1.807, 2.05) is 0 Å². The standard InChI is InChI=1S/C11H21NO2/c1-2-12(7-4-8-13)10-5-3-6-11(14)9-10/h10,13H,2-9H2,1H3. The first-order valence-corrected chi connectivity index (χ1v) is 5.64. The molecule has 3 nitrogen and oxygen atoms in total. The minimum Gasteiger partial charge on any atom is -0.396 e. The molecule has 0 spiro atoms. The van der Waals surface area contributed by atoms with Gasteiger partial charge in [-0.25, -0.2) is 0 Å². The van der Waals surface area contributed by atoms with Crippen molar-refractivity contribution >= 4 is 5.78 Å². The monoisotopic (exact) mass is 199 g/mol. The SMILES string of the molecule is CCN(CCCO)C1CCCC(=O)C1. The number of carbonyl (C=O) groups is 1. The van der Waals surface area contributed by atoms with Crippen LogP contribution in [-0.4, -0.2) is 41.5 Å². The number of rotatable bonds is 5. The second-order valence-corrected chi connectivity index (χ2v) is 3.99. The predicted octanol–water partition coefficient (Wildman–Crippen LogP) is 1.20. The molecule has 0 aliphatic heterocycles. The average molecular weight is 199 g/mol. The van der Waals surface area contributed by atoms with Gasteiger partial charge in [-0.3, -0.25) is 4.79 Å². The predicted molar refractivity (Wildman–Crippen MR) is 56.2 cm³/mol. The van der Waals surface area contributed by atoms with E-state index >= 15 is 0 Å². The van der Waals surface area contributed by atoms with Crippen molar-refractivity contribution in [3.63, 3.8) is 0 Å². The van der Waals surface area contributed by atoms with Crippen molar-refractivity contribution in [2.45, 2.75) is 45.1 Å². The Hall–Kier alpha value is -0.410. The molecule has 0 heterocycles. The highest BCUT2D eigenvalue weighted by Gasteiger charge is 2.23. The van der Waals surface area contributed by atoms with Crippen molar-refractivity contribution in [2.75, 3.05) is 19.7 Å². The second kappa shape index (κ2) is 6.14. The van der Waals surface area contributed by atoms with Crippen LogP contribution < -0.4 is 0 Å². The molecule has 0 radical (unpaired) electrons. The van der Waals surface area contributed by atoms with Gasteiger partial charge in [-0.05, 0) is 25.8 Å². The molecule has 82 valence electrons. The minimum atomic E-state index is 0.247. The fraction of sp³-hybridized carbons (Fsp3) is 0.909. The molecule has 0 aromatic carbocycles. The summed E-state index contributed by atoms with van der Waals surface area (Å²) in [5, 5.41) is 8.77. The summed E-state index contributed by atoms with van der Waals surface area (Å²) in [6, 6.07) is 0.438. The molecule has 0 aromatic rings. The first-order chi connectivity index (χ1) is 6.77. The number of Topliss-reactive ketones (excluding diaryl/α,β-unsaturated/α-hetero) is 1. The highest BCUT2D eigenvalue weighted by atomic mass is 16.3. The number of aliphatic hydroxyl groups excluding tert-OH is 1. The molecule has 1 aliphatic carbocycles. The van der Waals surface area contributed by atoms with Gasteiger partial charge in [0.15, 0.2) is 0 Å². The zero-order chi connectivity index (χ0) is 10.4. The summed E-state index contributed by atoms with van der Waals surface area (Å²) in [5.74, 6) is 0.406. The van der Waals surface area contributed by atoms with Crippen molar-refractivity contribution < 1.29 is 9.90 Å². The molecule has 14 heavy (non-hydrogen) atoms. The van der Waals surface area contributed by atoms with Crippen LogP contribution in [-0.2, 0) is 4.79 Å². The van der Waals surface area contributed by atoms with Crippen LogP contribution in [0.3, 0.4) is 0 Å². The van der Waals surface area contributed by atoms with E-state index in [9.17, 15) is 4.79 Å². The van der Waals surface area contributed by atoms with E-state index in [1.54, 1.807) is 0 Å². The number of aliphatic hydroxyl groups is 1. The summed E-state index contributed by atoms with van der Waals surface area (Å²) in [6.07, 6.45) is 4.50. The quantitative estimate of drug-likeness (QED) is 0.723. The van der Waals surface area contributed by atoms with Crippen molar-refractivity contribution in [3.05, 3.63) is 0 Å². The Morgan fingerprint density at radius 1 is 1.57 bits per heavy atom. The van der Waals surface area contributed by atoms with E-state index in [2.05, 4.69) is 11.8 Å². The zero-order valence-corrected chi connectivity index (χ0v) is 9.04. The summed E-state index contributed by atoms with van der Waals surface area (Å²) >= 11 is 0. The number of carbonyl (C=O) groups excluding carboxylic acids is 1. The van der Waals surface area contributed by atoms with E-state index in [0.717, 1.165) is 45.2 Å². The Bertz CT molecular complexity index is 182. The molecule has 1 N–H and O–H groups in total. The number of hydrogen-bond acceptors (Lipinski definition) is 3. The average Bonchev–Trinajstić information content (AvgIpc) is 2.19. The third-order valence-electron chi connectivity index (χ3n) is 2.98. The molecular formula is C11H21NO2. The Kier molecular flexibility index (Phi) is 5.12. The molecule has 0 bridgehead atoms. The Morgan fingerprint density at radius 2 is 2.36 bits per heavy atom. The molecular weight excluding hydrogens is 178 g/mol. The van der Waals surface area contributed by atoms with Crippen LogP contribution in [0.25, 0.3) is 0 Å². The molecule has 0 saturated heterocycles. The molecule has 1 atom stereocenters. The summed E-state index contributed by atoms with van der Waals surface area (Å²) < 4.78 is 0. The summed E-state index contributed by atoms with van der Waals surface area (Å²) in [4.78, 5) is 13.6. The van der Waals surface area contributed by atoms with Crippen molar-refractivity contribution in [1.29, 1.82) is 0 Å². The van der Waals surface area contributed by atoms with Crippen molar-refractivity contribution in [2.24, 2.45) is 0 Å². The third kappa shape index (κ3) is 3.39. The molecule has 1 fully saturated rings. The minimum absolute atomic E-state index is 0.247. The molecule has 3 heteroatoms. The lowest BCUT2D eigenvalue weighted by Gasteiger charge is -2.32. The number of ketones is 1. The normalized spacial score (nSPS) is 23.1. The fourth-order valence-corrected chi connectivity index (χ4v) is 2.19. The lowest BCUT2D eigenvalue weighted by atomic mass is 9.93. The van der Waals surface area contributed by atoms with Crippen LogP contribution in [0.2, 0.25) is 0 Å². The Balaban J connectivity index is 2.38. The second-order valence-electron chi connectivity index (χ2n) is 3.99. The van der Waals surface area contributed by atoms with E-state index < -0.39 is 0 Å². The van der Waals surface area contributed by atoms with Gasteiger partial charge in [0.05, 0.1) is 0 Å². The van der Waals surface area contributed by atoms with Gasteiger partial charge in [-0.1, -0.05) is 6.92 Å². The van der Waals surface area contributed by atoms with Gasteiger partial charge >= 0.3 is 0 Å². The van der Waals surface area contributed by atoms with E-state index in [-0.39, 0.29) is 6.61 Å². The number of hydrogen-bond donors (Lipinski definition) is 1. The van der Waals surface area contributed by atoms with Crippen LogP contribution in [0.1, 0.15) is 39.0 Å². The topological polar surface area (TPSA) is 40.5 Å². The van der Waals surface area contributed by atoms with E-state index in [0.29, 0.717) is 11.8 Å². The molecule has 1 unspecified atom stereocenters. The van der Waals surface area contributed by atoms with Gasteiger partial charge < -0.3 is 10.0 Å². The molecule has 0 aromatic heterocycles. The maximum atomic E-state index is 11.3. The van der Waals surface area contributed by atoms with Gasteiger partial charge in [0.1, 0.15) is 5.78 Å². The fourth-order valence-electron chi connectivity index (χ4n) is 2.19. The van der Waals surface area contributed by atoms with Crippen LogP contribution in [0.15, 0.2) is 0 Å². The summed E-state index contributed by atoms with van der Waals surface area (Å²) in [6.45, 7) is 4.27. The van der Waals surface area contributed by atoms with Crippen LogP contribution in [0.4, 0.5) is 0 Å². The summed E-state index contributed by atoms with van der Waals surface area (Å²) in [7, 11) is 0. The highest BCUT2D eigenvalue weighted by Crippen LogP contribution is 2.20. The lowest BCUT2D eigenvalue weighted by Crippen LogP contribution is -2.39. The third-order valence-corrected chi connectivity index (χ3v) is 2.98. The molecule has 0 amide bonds. The lowest BCUT2D eigenvalue weighted by molar-refractivity contribution is -0.122. The Labute approximate surface area is 86.1 Å². The molecule has 1 aliphatic rings. The van der Waals surface area contributed by atoms with Gasteiger partial charge in [0.25, 0.3) is 0 Å². The van der Waals surface area contributed by atoms with E-state index in [4.69, 9.17) is 5.11 Å². The van der Waals surface area contributed by atoms with E-state index in [1.165, 1.54) is 0 Å².